The van der Waals surface area contributed by atoms with Crippen molar-refractivity contribution in [1.82, 2.24) is 10.1 Å². The van der Waals surface area contributed by atoms with E-state index in [1.165, 1.54) is 0 Å². The van der Waals surface area contributed by atoms with Crippen molar-refractivity contribution in [3.8, 4) is 0 Å². The topological polar surface area (TPSA) is 46.1 Å². The highest BCUT2D eigenvalue weighted by Gasteiger charge is 2.05. The number of hydrogen-bond acceptors (Lipinski definition) is 3. The molecule has 0 unspecified atom stereocenters. The van der Waals surface area contributed by atoms with Crippen LogP contribution < -0.4 is 16.4 Å². The van der Waals surface area contributed by atoms with Gasteiger partial charge in [0.05, 0.1) is 18.3 Å². The Labute approximate surface area is 57.4 Å². The van der Waals surface area contributed by atoms with Crippen LogP contribution in [0.5, 0.6) is 0 Å². The maximum Gasteiger partial charge on any atom is 0.190 e. The highest BCUT2D eigenvalue weighted by Crippen LogP contribution is 1.96. The molecule has 4 heteroatoms. The van der Waals surface area contributed by atoms with Crippen molar-refractivity contribution in [3.05, 3.63) is 34.2 Å². The lowest BCUT2D eigenvalue weighted by atomic mass is 10.3. The second-order valence-corrected chi connectivity index (χ2v) is 2.11. The molecule has 1 aliphatic rings. The van der Waals surface area contributed by atoms with Crippen molar-refractivity contribution in [1.29, 1.82) is 0 Å². The van der Waals surface area contributed by atoms with Crippen molar-refractivity contribution in [2.24, 2.45) is 0 Å². The minimum absolute atomic E-state index is 0.0725. The zero-order valence-corrected chi connectivity index (χ0v) is 5.22. The summed E-state index contributed by atoms with van der Waals surface area (Å²) < 4.78 is 1.72. The lowest BCUT2D eigenvalue weighted by Crippen LogP contribution is -2.19. The monoisotopic (exact) mass is 136 g/mol. The molecule has 0 atom stereocenters. The van der Waals surface area contributed by atoms with Crippen molar-refractivity contribution >= 4 is 0 Å². The van der Waals surface area contributed by atoms with Crippen LogP contribution in [-0.2, 0) is 6.54 Å². The Morgan fingerprint density at radius 2 is 2.60 bits per heavy atom. The number of aromatic nitrogens is 1. The average molecular weight is 136 g/mol. The van der Waals surface area contributed by atoms with Gasteiger partial charge in [-0.05, 0) is 0 Å². The molecule has 2 heterocycles. The van der Waals surface area contributed by atoms with E-state index in [-0.39, 0.29) is 5.43 Å². The first-order valence-corrected chi connectivity index (χ1v) is 2.98. The van der Waals surface area contributed by atoms with E-state index < -0.39 is 0 Å². The first-order chi connectivity index (χ1) is 4.86. The Morgan fingerprint density at radius 1 is 1.70 bits per heavy atom. The molecular weight excluding hydrogens is 130 g/mol. The van der Waals surface area contributed by atoms with Gasteiger partial charge < -0.3 is 0 Å². The van der Waals surface area contributed by atoms with Crippen LogP contribution in [0, 0.1) is 6.07 Å². The number of hydrogen-bond donors (Lipinski definition) is 2. The van der Waals surface area contributed by atoms with Crippen LogP contribution in [-0.4, -0.2) is 4.68 Å². The molecule has 1 aromatic heterocycles. The molecule has 0 amide bonds. The van der Waals surface area contributed by atoms with Gasteiger partial charge in [-0.25, -0.2) is 5.43 Å². The van der Waals surface area contributed by atoms with Gasteiger partial charge in [-0.2, -0.15) is 0 Å². The molecule has 0 aliphatic carbocycles. The van der Waals surface area contributed by atoms with Gasteiger partial charge in [-0.3, -0.25) is 15.0 Å². The molecule has 1 radical (unpaired) electrons. The van der Waals surface area contributed by atoms with Gasteiger partial charge in [-0.15, -0.1) is 0 Å². The molecular formula is C6H6N3O. The number of nitrogens with zero attached hydrogens (tertiary/aromatic N) is 1. The third-order valence-electron chi connectivity index (χ3n) is 1.41. The molecule has 0 fully saturated rings. The zero-order valence-electron chi connectivity index (χ0n) is 5.22. The fourth-order valence-corrected chi connectivity index (χ4v) is 0.929. The minimum atomic E-state index is -0.0725. The Morgan fingerprint density at radius 3 is 3.50 bits per heavy atom. The Kier molecular flexibility index (Phi) is 1.01. The number of hydrazine groups is 1. The summed E-state index contributed by atoms with van der Waals surface area (Å²) in [6.45, 7) is 0.684. The van der Waals surface area contributed by atoms with Crippen molar-refractivity contribution < 1.29 is 0 Å². The van der Waals surface area contributed by atoms with Crippen molar-refractivity contribution in [2.75, 3.05) is 5.53 Å². The standard InChI is InChI=1S/C6H6N3O/c10-6-1-2-9-5(3-6)4-7-8-9/h2-3,7-8H,4H2. The first-order valence-electron chi connectivity index (χ1n) is 2.98. The van der Waals surface area contributed by atoms with Crippen LogP contribution in [0.1, 0.15) is 5.69 Å². The van der Waals surface area contributed by atoms with E-state index in [0.29, 0.717) is 6.54 Å². The minimum Gasteiger partial charge on any atom is -0.289 e. The van der Waals surface area contributed by atoms with E-state index >= 15 is 0 Å². The number of nitrogens with one attached hydrogen (secondary N) is 2. The molecule has 2 N–H and O–H groups in total. The summed E-state index contributed by atoms with van der Waals surface area (Å²) in [4.78, 5) is 10.7. The molecule has 10 heavy (non-hydrogen) atoms. The van der Waals surface area contributed by atoms with Crippen LogP contribution in [0.3, 0.4) is 0 Å². The van der Waals surface area contributed by atoms with Crippen molar-refractivity contribution in [2.45, 2.75) is 6.54 Å². The van der Waals surface area contributed by atoms with E-state index in [4.69, 9.17) is 0 Å². The second kappa shape index (κ2) is 1.85. The summed E-state index contributed by atoms with van der Waals surface area (Å²) in [7, 11) is 0. The average Bonchev–Trinajstić information content (AvgIpc) is 2.33. The first kappa shape index (κ1) is 5.49. The summed E-state index contributed by atoms with van der Waals surface area (Å²) in [5.74, 6) is 0. The van der Waals surface area contributed by atoms with E-state index in [0.717, 1.165) is 5.69 Å². The molecule has 1 aromatic rings. The normalized spacial score (nSPS) is 14.4. The van der Waals surface area contributed by atoms with Crippen LogP contribution in [0.15, 0.2) is 17.1 Å². The molecule has 1 aliphatic heterocycles. The van der Waals surface area contributed by atoms with E-state index in [9.17, 15) is 4.79 Å². The smallest absolute Gasteiger partial charge is 0.190 e. The molecule has 0 saturated heterocycles. The lowest BCUT2D eigenvalue weighted by Gasteiger charge is -1.99. The fraction of sp³-hybridized carbons (Fsp3) is 0.167. The fourth-order valence-electron chi connectivity index (χ4n) is 0.929. The summed E-state index contributed by atoms with van der Waals surface area (Å²) in [5, 5.41) is 0. The highest BCUT2D eigenvalue weighted by molar-refractivity contribution is 5.09. The predicted molar refractivity (Wildman–Crippen MR) is 35.7 cm³/mol. The molecule has 0 saturated carbocycles. The van der Waals surface area contributed by atoms with Crippen LogP contribution >= 0.6 is 0 Å². The second-order valence-electron chi connectivity index (χ2n) is 2.11. The van der Waals surface area contributed by atoms with Gasteiger partial charge in [-0.1, -0.05) is 0 Å². The predicted octanol–water partition coefficient (Wildman–Crippen LogP) is -0.790. The SMILES string of the molecule is O=c1[c]cn2c(c1)CNN2. The Balaban J connectivity index is 2.63. The van der Waals surface area contributed by atoms with E-state index in [2.05, 4.69) is 17.0 Å². The van der Waals surface area contributed by atoms with Crippen LogP contribution in [0.2, 0.25) is 0 Å². The highest BCUT2D eigenvalue weighted by atomic mass is 16.1. The lowest BCUT2D eigenvalue weighted by molar-refractivity contribution is 0.804. The van der Waals surface area contributed by atoms with Crippen LogP contribution in [0.25, 0.3) is 0 Å². The van der Waals surface area contributed by atoms with Gasteiger partial charge in [0.15, 0.2) is 5.43 Å². The maximum atomic E-state index is 10.7. The van der Waals surface area contributed by atoms with Crippen molar-refractivity contribution in [3.63, 3.8) is 0 Å². The third kappa shape index (κ3) is 0.698. The van der Waals surface area contributed by atoms with E-state index in [1.807, 2.05) is 0 Å². The Bertz CT molecular complexity index is 304. The molecule has 2 rings (SSSR count). The summed E-state index contributed by atoms with van der Waals surface area (Å²) >= 11 is 0. The Hall–Kier alpha value is -1.29. The third-order valence-corrected chi connectivity index (χ3v) is 1.41. The largest absolute Gasteiger partial charge is 0.289 e. The summed E-state index contributed by atoms with van der Waals surface area (Å²) in [5.41, 5.74) is 6.55. The number of pyridine rings is 1. The van der Waals surface area contributed by atoms with E-state index in [1.54, 1.807) is 16.9 Å². The number of rotatable bonds is 0. The van der Waals surface area contributed by atoms with Gasteiger partial charge in [0.25, 0.3) is 0 Å². The van der Waals surface area contributed by atoms with Gasteiger partial charge in [0, 0.05) is 12.3 Å². The zero-order chi connectivity index (χ0) is 6.97. The molecule has 51 valence electrons. The summed E-state index contributed by atoms with van der Waals surface area (Å²) in [6, 6.07) is 4.09. The quantitative estimate of drug-likeness (QED) is 0.491. The van der Waals surface area contributed by atoms with Gasteiger partial charge in [0.1, 0.15) is 0 Å². The van der Waals surface area contributed by atoms with Gasteiger partial charge >= 0.3 is 0 Å². The van der Waals surface area contributed by atoms with Crippen LogP contribution in [0.4, 0.5) is 0 Å². The van der Waals surface area contributed by atoms with Gasteiger partial charge in [0.2, 0.25) is 0 Å². The molecule has 0 spiro atoms. The maximum absolute atomic E-state index is 10.7. The molecule has 0 bridgehead atoms. The number of fused-ring (bicyclic) bond motifs is 1. The molecule has 0 aromatic carbocycles. The molecule has 4 nitrogen and oxygen atoms in total. The summed E-state index contributed by atoms with van der Waals surface area (Å²) in [6.07, 6.45) is 1.58.